The van der Waals surface area contributed by atoms with Crippen LogP contribution in [0.4, 0.5) is 0 Å². The molecule has 0 spiro atoms. The Morgan fingerprint density at radius 1 is 1.16 bits per heavy atom. The molecule has 1 aromatic carbocycles. The summed E-state index contributed by atoms with van der Waals surface area (Å²) < 4.78 is 10.7. The van der Waals surface area contributed by atoms with Crippen LogP contribution in [-0.4, -0.2) is 45.3 Å². The minimum Gasteiger partial charge on any atom is -0.496 e. The van der Waals surface area contributed by atoms with Crippen molar-refractivity contribution in [1.82, 2.24) is 10.2 Å². The quantitative estimate of drug-likeness (QED) is 0.920. The van der Waals surface area contributed by atoms with E-state index in [2.05, 4.69) is 17.1 Å². The van der Waals surface area contributed by atoms with Crippen molar-refractivity contribution >= 4 is 11.6 Å². The summed E-state index contributed by atoms with van der Waals surface area (Å²) in [6.07, 6.45) is 0. The van der Waals surface area contributed by atoms with Gasteiger partial charge in [-0.05, 0) is 13.0 Å². The van der Waals surface area contributed by atoms with Crippen LogP contribution in [0.25, 0.3) is 0 Å². The van der Waals surface area contributed by atoms with Crippen molar-refractivity contribution in [2.45, 2.75) is 13.0 Å². The van der Waals surface area contributed by atoms with Crippen molar-refractivity contribution in [2.24, 2.45) is 0 Å². The molecule has 1 aliphatic heterocycles. The van der Waals surface area contributed by atoms with Gasteiger partial charge in [0, 0.05) is 43.9 Å². The Hall–Kier alpha value is -0.970. The zero-order chi connectivity index (χ0) is 13.8. The molecule has 0 bridgehead atoms. The van der Waals surface area contributed by atoms with E-state index in [1.165, 1.54) is 0 Å². The van der Waals surface area contributed by atoms with Crippen LogP contribution in [0.2, 0.25) is 5.02 Å². The molecule has 0 radical (unpaired) electrons. The third kappa shape index (κ3) is 3.14. The molecule has 0 saturated carbocycles. The van der Waals surface area contributed by atoms with Gasteiger partial charge in [-0.15, -0.1) is 0 Å². The van der Waals surface area contributed by atoms with E-state index in [-0.39, 0.29) is 6.04 Å². The van der Waals surface area contributed by atoms with Gasteiger partial charge < -0.3 is 14.8 Å². The second-order valence-corrected chi connectivity index (χ2v) is 5.10. The molecule has 19 heavy (non-hydrogen) atoms. The molecule has 1 atom stereocenters. The first kappa shape index (κ1) is 14.4. The van der Waals surface area contributed by atoms with E-state index in [1.54, 1.807) is 14.2 Å². The number of rotatable bonds is 4. The van der Waals surface area contributed by atoms with Gasteiger partial charge in [0.2, 0.25) is 0 Å². The summed E-state index contributed by atoms with van der Waals surface area (Å²) >= 11 is 6.23. The minimum atomic E-state index is 0.278. The van der Waals surface area contributed by atoms with Gasteiger partial charge in [-0.3, -0.25) is 4.90 Å². The van der Waals surface area contributed by atoms with Crippen molar-refractivity contribution in [1.29, 1.82) is 0 Å². The maximum Gasteiger partial charge on any atom is 0.141 e. The largest absolute Gasteiger partial charge is 0.496 e. The summed E-state index contributed by atoms with van der Waals surface area (Å²) in [5, 5.41) is 3.99. The molecule has 1 saturated heterocycles. The molecule has 1 N–H and O–H groups in total. The van der Waals surface area contributed by atoms with Gasteiger partial charge in [0.1, 0.15) is 11.5 Å². The lowest BCUT2D eigenvalue weighted by molar-refractivity contribution is 0.182. The van der Waals surface area contributed by atoms with E-state index in [1.807, 2.05) is 12.1 Å². The Morgan fingerprint density at radius 3 is 2.37 bits per heavy atom. The standard InChI is InChI=1S/C14H21ClN2O2/c1-10(17-6-4-16-5-7-17)11-8-12(15)14(19-3)9-13(11)18-2/h8-10,16H,4-7H2,1-3H3. The third-order valence-electron chi connectivity index (χ3n) is 3.65. The fourth-order valence-electron chi connectivity index (χ4n) is 2.48. The SMILES string of the molecule is COc1cc(OC)c(C(C)N2CCNCC2)cc1Cl. The Labute approximate surface area is 119 Å². The average molecular weight is 285 g/mol. The minimum absolute atomic E-state index is 0.278. The summed E-state index contributed by atoms with van der Waals surface area (Å²) in [7, 11) is 3.29. The highest BCUT2D eigenvalue weighted by molar-refractivity contribution is 6.32. The van der Waals surface area contributed by atoms with Gasteiger partial charge in [-0.25, -0.2) is 0 Å². The number of hydrogen-bond donors (Lipinski definition) is 1. The lowest BCUT2D eigenvalue weighted by atomic mass is 10.0. The molecular formula is C14H21ClN2O2. The molecule has 5 heteroatoms. The number of methoxy groups -OCH3 is 2. The Kier molecular flexibility index (Phi) is 4.91. The lowest BCUT2D eigenvalue weighted by Crippen LogP contribution is -2.44. The van der Waals surface area contributed by atoms with Crippen molar-refractivity contribution < 1.29 is 9.47 Å². The number of nitrogens with zero attached hydrogens (tertiary/aromatic N) is 1. The number of benzene rings is 1. The van der Waals surface area contributed by atoms with Crippen LogP contribution >= 0.6 is 11.6 Å². The van der Waals surface area contributed by atoms with E-state index in [0.29, 0.717) is 10.8 Å². The van der Waals surface area contributed by atoms with Gasteiger partial charge >= 0.3 is 0 Å². The van der Waals surface area contributed by atoms with E-state index >= 15 is 0 Å². The number of hydrogen-bond acceptors (Lipinski definition) is 4. The summed E-state index contributed by atoms with van der Waals surface area (Å²) in [6.45, 7) is 6.31. The van der Waals surface area contributed by atoms with Crippen LogP contribution < -0.4 is 14.8 Å². The highest BCUT2D eigenvalue weighted by atomic mass is 35.5. The molecule has 1 fully saturated rings. The van der Waals surface area contributed by atoms with Crippen LogP contribution in [-0.2, 0) is 0 Å². The van der Waals surface area contributed by atoms with Crippen molar-refractivity contribution in [2.75, 3.05) is 40.4 Å². The fourth-order valence-corrected chi connectivity index (χ4v) is 2.73. The second-order valence-electron chi connectivity index (χ2n) is 4.69. The van der Waals surface area contributed by atoms with Crippen LogP contribution in [0, 0.1) is 0 Å². The molecule has 1 unspecified atom stereocenters. The van der Waals surface area contributed by atoms with E-state index < -0.39 is 0 Å². The highest BCUT2D eigenvalue weighted by Crippen LogP contribution is 2.37. The van der Waals surface area contributed by atoms with Crippen molar-refractivity contribution in [3.8, 4) is 11.5 Å². The predicted octanol–water partition coefficient (Wildman–Crippen LogP) is 2.32. The number of nitrogens with one attached hydrogen (secondary N) is 1. The first-order valence-corrected chi connectivity index (χ1v) is 6.91. The zero-order valence-electron chi connectivity index (χ0n) is 11.7. The number of ether oxygens (including phenoxy) is 2. The van der Waals surface area contributed by atoms with E-state index in [0.717, 1.165) is 37.5 Å². The van der Waals surface area contributed by atoms with Gasteiger partial charge in [0.05, 0.1) is 19.2 Å². The topological polar surface area (TPSA) is 33.7 Å². The zero-order valence-corrected chi connectivity index (χ0v) is 12.5. The van der Waals surface area contributed by atoms with Gasteiger partial charge in [-0.1, -0.05) is 11.6 Å². The normalized spacial score (nSPS) is 18.1. The Morgan fingerprint density at radius 2 is 1.79 bits per heavy atom. The predicted molar refractivity (Wildman–Crippen MR) is 77.4 cm³/mol. The van der Waals surface area contributed by atoms with E-state index in [9.17, 15) is 0 Å². The van der Waals surface area contributed by atoms with Crippen LogP contribution in [0.1, 0.15) is 18.5 Å². The molecule has 1 heterocycles. The molecular weight excluding hydrogens is 264 g/mol. The fraction of sp³-hybridized carbons (Fsp3) is 0.571. The second kappa shape index (κ2) is 6.46. The Bertz CT molecular complexity index is 434. The number of piperazine rings is 1. The summed E-state index contributed by atoms with van der Waals surface area (Å²) in [5.41, 5.74) is 1.11. The van der Waals surface area contributed by atoms with Crippen LogP contribution in [0.15, 0.2) is 12.1 Å². The molecule has 1 aromatic rings. The van der Waals surface area contributed by atoms with Gasteiger partial charge in [-0.2, -0.15) is 0 Å². The average Bonchev–Trinajstić information content (AvgIpc) is 2.47. The third-order valence-corrected chi connectivity index (χ3v) is 3.95. The maximum atomic E-state index is 6.23. The van der Waals surface area contributed by atoms with Crippen LogP contribution in [0.3, 0.4) is 0 Å². The maximum absolute atomic E-state index is 6.23. The molecule has 0 amide bonds. The monoisotopic (exact) mass is 284 g/mol. The van der Waals surface area contributed by atoms with Gasteiger partial charge in [0.25, 0.3) is 0 Å². The summed E-state index contributed by atoms with van der Waals surface area (Å²) in [6, 6.07) is 4.09. The van der Waals surface area contributed by atoms with Crippen molar-refractivity contribution in [3.63, 3.8) is 0 Å². The molecule has 4 nitrogen and oxygen atoms in total. The van der Waals surface area contributed by atoms with Gasteiger partial charge in [0.15, 0.2) is 0 Å². The van der Waals surface area contributed by atoms with Crippen molar-refractivity contribution in [3.05, 3.63) is 22.7 Å². The van der Waals surface area contributed by atoms with Crippen LogP contribution in [0.5, 0.6) is 11.5 Å². The molecule has 0 aromatic heterocycles. The first-order valence-electron chi connectivity index (χ1n) is 6.53. The molecule has 2 rings (SSSR count). The summed E-state index contributed by atoms with van der Waals surface area (Å²) in [4.78, 5) is 2.43. The smallest absolute Gasteiger partial charge is 0.141 e. The lowest BCUT2D eigenvalue weighted by Gasteiger charge is -2.33. The van der Waals surface area contributed by atoms with E-state index in [4.69, 9.17) is 21.1 Å². The highest BCUT2D eigenvalue weighted by Gasteiger charge is 2.22. The Balaban J connectivity index is 2.29. The number of halogens is 1. The first-order chi connectivity index (χ1) is 9.17. The molecule has 0 aliphatic carbocycles. The molecule has 1 aliphatic rings. The summed E-state index contributed by atoms with van der Waals surface area (Å²) in [5.74, 6) is 1.47. The molecule has 106 valence electrons.